The van der Waals surface area contributed by atoms with Gasteiger partial charge in [0.2, 0.25) is 0 Å². The van der Waals surface area contributed by atoms with Crippen molar-refractivity contribution in [1.82, 2.24) is 9.80 Å². The van der Waals surface area contributed by atoms with Crippen LogP contribution in [-0.2, 0) is 9.47 Å². The predicted octanol–water partition coefficient (Wildman–Crippen LogP) is 4.65. The average molecular weight is 403 g/mol. The normalized spacial score (nSPS) is 24.8. The van der Waals surface area contributed by atoms with Gasteiger partial charge in [-0.15, -0.1) is 0 Å². The van der Waals surface area contributed by atoms with Crippen LogP contribution in [0.25, 0.3) is 0 Å². The number of amides is 2. The second-order valence-electron chi connectivity index (χ2n) is 10.1. The molecule has 2 amide bonds. The van der Waals surface area contributed by atoms with Gasteiger partial charge in [-0.25, -0.2) is 9.59 Å². The van der Waals surface area contributed by atoms with Crippen molar-refractivity contribution in [2.45, 2.75) is 71.1 Å². The van der Waals surface area contributed by atoms with Gasteiger partial charge in [-0.2, -0.15) is 0 Å². The number of rotatable bonds is 2. The monoisotopic (exact) mass is 402 g/mol. The lowest BCUT2D eigenvalue weighted by atomic mass is 9.79. The standard InChI is InChI=1S/C23H34N2O4/c1-22(2,3)28-20(26)24-14-17(16-10-8-7-9-11-16)18(15-24)19-12-13-25(19)21(27)29-23(4,5)6/h7-11,17-19H,12-15H2,1-6H3. The Morgan fingerprint density at radius 2 is 1.48 bits per heavy atom. The van der Waals surface area contributed by atoms with Gasteiger partial charge >= 0.3 is 12.2 Å². The summed E-state index contributed by atoms with van der Waals surface area (Å²) in [5, 5.41) is 0. The number of nitrogens with zero attached hydrogens (tertiary/aromatic N) is 2. The smallest absolute Gasteiger partial charge is 0.410 e. The van der Waals surface area contributed by atoms with Gasteiger partial charge in [-0.05, 0) is 53.5 Å². The fraction of sp³-hybridized carbons (Fsp3) is 0.652. The molecule has 2 fully saturated rings. The SMILES string of the molecule is CC(C)(C)OC(=O)N1CC(c2ccccc2)C(C2CCN2C(=O)OC(C)(C)C)C1. The summed E-state index contributed by atoms with van der Waals surface area (Å²) < 4.78 is 11.2. The van der Waals surface area contributed by atoms with Crippen LogP contribution in [0, 0.1) is 5.92 Å². The second kappa shape index (κ2) is 7.88. The van der Waals surface area contributed by atoms with Crippen molar-refractivity contribution in [3.63, 3.8) is 0 Å². The molecule has 0 bridgehead atoms. The van der Waals surface area contributed by atoms with E-state index in [1.165, 1.54) is 5.56 Å². The summed E-state index contributed by atoms with van der Waals surface area (Å²) in [6.07, 6.45) is 0.371. The first-order chi connectivity index (χ1) is 13.4. The van der Waals surface area contributed by atoms with E-state index < -0.39 is 11.2 Å². The Hall–Kier alpha value is -2.24. The minimum Gasteiger partial charge on any atom is -0.444 e. The molecule has 1 aromatic rings. The van der Waals surface area contributed by atoms with Crippen LogP contribution in [-0.4, -0.2) is 58.9 Å². The second-order valence-corrected chi connectivity index (χ2v) is 10.1. The molecular weight excluding hydrogens is 368 g/mol. The molecule has 29 heavy (non-hydrogen) atoms. The fourth-order valence-electron chi connectivity index (χ4n) is 4.15. The summed E-state index contributed by atoms with van der Waals surface area (Å²) in [7, 11) is 0. The van der Waals surface area contributed by atoms with Gasteiger partial charge in [0.15, 0.2) is 0 Å². The first-order valence-electron chi connectivity index (χ1n) is 10.5. The first kappa shape index (κ1) is 21.5. The van der Waals surface area contributed by atoms with Crippen molar-refractivity contribution in [2.75, 3.05) is 19.6 Å². The van der Waals surface area contributed by atoms with Crippen molar-refractivity contribution in [2.24, 2.45) is 5.92 Å². The third-order valence-electron chi connectivity index (χ3n) is 5.43. The quantitative estimate of drug-likeness (QED) is 0.723. The van der Waals surface area contributed by atoms with E-state index in [4.69, 9.17) is 9.47 Å². The van der Waals surface area contributed by atoms with E-state index in [2.05, 4.69) is 12.1 Å². The summed E-state index contributed by atoms with van der Waals surface area (Å²) in [6, 6.07) is 10.3. The van der Waals surface area contributed by atoms with Crippen LogP contribution in [0.4, 0.5) is 9.59 Å². The van der Waals surface area contributed by atoms with Crippen LogP contribution in [0.5, 0.6) is 0 Å². The highest BCUT2D eigenvalue weighted by Crippen LogP contribution is 2.41. The average Bonchev–Trinajstić information content (AvgIpc) is 2.96. The summed E-state index contributed by atoms with van der Waals surface area (Å²) in [5.74, 6) is 0.324. The van der Waals surface area contributed by atoms with Crippen LogP contribution >= 0.6 is 0 Å². The predicted molar refractivity (Wildman–Crippen MR) is 112 cm³/mol. The molecule has 2 saturated heterocycles. The molecule has 0 saturated carbocycles. The Morgan fingerprint density at radius 1 is 0.897 bits per heavy atom. The lowest BCUT2D eigenvalue weighted by Crippen LogP contribution is -2.57. The molecular formula is C23H34N2O4. The third-order valence-corrected chi connectivity index (χ3v) is 5.43. The summed E-state index contributed by atoms with van der Waals surface area (Å²) in [4.78, 5) is 29.0. The highest BCUT2D eigenvalue weighted by molar-refractivity contribution is 5.70. The molecule has 1 aromatic carbocycles. The number of ether oxygens (including phenoxy) is 2. The van der Waals surface area contributed by atoms with Crippen molar-refractivity contribution < 1.29 is 19.1 Å². The number of carbonyl (C=O) groups is 2. The van der Waals surface area contributed by atoms with E-state index >= 15 is 0 Å². The summed E-state index contributed by atoms with van der Waals surface area (Å²) >= 11 is 0. The summed E-state index contributed by atoms with van der Waals surface area (Å²) in [5.41, 5.74) is 0.143. The Balaban J connectivity index is 1.79. The molecule has 6 heteroatoms. The molecule has 2 heterocycles. The van der Waals surface area contributed by atoms with Gasteiger partial charge in [-0.3, -0.25) is 0 Å². The molecule has 0 N–H and O–H groups in total. The van der Waals surface area contributed by atoms with E-state index in [1.807, 2.05) is 64.6 Å². The topological polar surface area (TPSA) is 59.1 Å². The van der Waals surface area contributed by atoms with E-state index in [9.17, 15) is 9.59 Å². The minimum absolute atomic E-state index is 0.0718. The lowest BCUT2D eigenvalue weighted by molar-refractivity contribution is -0.0186. The Morgan fingerprint density at radius 3 is 2.00 bits per heavy atom. The molecule has 6 nitrogen and oxygen atoms in total. The maximum Gasteiger partial charge on any atom is 0.410 e. The molecule has 3 unspecified atom stereocenters. The largest absolute Gasteiger partial charge is 0.444 e. The van der Waals surface area contributed by atoms with E-state index in [-0.39, 0.29) is 30.1 Å². The number of hydrogen-bond acceptors (Lipinski definition) is 4. The van der Waals surface area contributed by atoms with Gasteiger partial charge < -0.3 is 19.3 Å². The van der Waals surface area contributed by atoms with Gasteiger partial charge in [0.1, 0.15) is 11.2 Å². The maximum atomic E-state index is 12.7. The molecule has 0 aromatic heterocycles. The van der Waals surface area contributed by atoms with Crippen LogP contribution in [0.3, 0.4) is 0 Å². The van der Waals surface area contributed by atoms with Crippen LogP contribution < -0.4 is 0 Å². The molecule has 0 aliphatic carbocycles. The third kappa shape index (κ3) is 5.22. The first-order valence-corrected chi connectivity index (χ1v) is 10.5. The van der Waals surface area contributed by atoms with Gasteiger partial charge in [0, 0.05) is 37.5 Å². The fourth-order valence-corrected chi connectivity index (χ4v) is 4.15. The van der Waals surface area contributed by atoms with Crippen molar-refractivity contribution in [3.05, 3.63) is 35.9 Å². The van der Waals surface area contributed by atoms with Crippen molar-refractivity contribution in [1.29, 1.82) is 0 Å². The molecule has 160 valence electrons. The number of benzene rings is 1. The number of likely N-dealkylation sites (tertiary alicyclic amines) is 2. The van der Waals surface area contributed by atoms with Crippen LogP contribution in [0.15, 0.2) is 30.3 Å². The maximum absolute atomic E-state index is 12.7. The van der Waals surface area contributed by atoms with E-state index in [1.54, 1.807) is 4.90 Å². The molecule has 0 radical (unpaired) electrons. The Kier molecular flexibility index (Phi) is 5.84. The van der Waals surface area contributed by atoms with E-state index in [0.29, 0.717) is 19.6 Å². The van der Waals surface area contributed by atoms with Crippen LogP contribution in [0.2, 0.25) is 0 Å². The van der Waals surface area contributed by atoms with Crippen LogP contribution in [0.1, 0.15) is 59.4 Å². The number of hydrogen-bond donors (Lipinski definition) is 0. The van der Waals surface area contributed by atoms with E-state index in [0.717, 1.165) is 6.42 Å². The highest BCUT2D eigenvalue weighted by Gasteiger charge is 2.48. The zero-order valence-electron chi connectivity index (χ0n) is 18.5. The molecule has 2 aliphatic heterocycles. The summed E-state index contributed by atoms with van der Waals surface area (Å²) in [6.45, 7) is 13.2. The lowest BCUT2D eigenvalue weighted by Gasteiger charge is -2.45. The molecule has 3 atom stereocenters. The molecule has 2 aliphatic rings. The number of carbonyl (C=O) groups excluding carboxylic acids is 2. The Labute approximate surface area is 174 Å². The highest BCUT2D eigenvalue weighted by atomic mass is 16.6. The zero-order valence-corrected chi connectivity index (χ0v) is 18.5. The zero-order chi connectivity index (χ0) is 21.4. The molecule has 0 spiro atoms. The van der Waals surface area contributed by atoms with Crippen molar-refractivity contribution in [3.8, 4) is 0 Å². The Bertz CT molecular complexity index is 735. The van der Waals surface area contributed by atoms with Gasteiger partial charge in [-0.1, -0.05) is 30.3 Å². The van der Waals surface area contributed by atoms with Gasteiger partial charge in [0.05, 0.1) is 0 Å². The van der Waals surface area contributed by atoms with Crippen molar-refractivity contribution >= 4 is 12.2 Å². The molecule has 3 rings (SSSR count). The minimum atomic E-state index is -0.531. The van der Waals surface area contributed by atoms with Gasteiger partial charge in [0.25, 0.3) is 0 Å².